The van der Waals surface area contributed by atoms with E-state index >= 15 is 0 Å². The zero-order chi connectivity index (χ0) is 10.8. The van der Waals surface area contributed by atoms with Gasteiger partial charge in [-0.05, 0) is 18.6 Å². The minimum Gasteiger partial charge on any atom is -0.364 e. The van der Waals surface area contributed by atoms with E-state index in [9.17, 15) is 4.79 Å². The number of carbonyl (C=O) groups excluding carboxylic acids is 1. The van der Waals surface area contributed by atoms with Crippen molar-refractivity contribution in [2.75, 3.05) is 7.11 Å². The van der Waals surface area contributed by atoms with Crippen LogP contribution in [0.5, 0.6) is 0 Å². The van der Waals surface area contributed by atoms with Crippen molar-refractivity contribution in [2.24, 2.45) is 0 Å². The van der Waals surface area contributed by atoms with E-state index in [-0.39, 0.29) is 0 Å². The number of aryl methyl sites for hydroxylation is 1. The fourth-order valence-electron chi connectivity index (χ4n) is 1.66. The van der Waals surface area contributed by atoms with E-state index in [4.69, 9.17) is 4.74 Å². The highest BCUT2D eigenvalue weighted by atomic mass is 16.5. The molecule has 2 heterocycles. The molecule has 0 spiro atoms. The van der Waals surface area contributed by atoms with Gasteiger partial charge in [0.1, 0.15) is 12.4 Å². The van der Waals surface area contributed by atoms with E-state index in [2.05, 4.69) is 4.98 Å². The summed E-state index contributed by atoms with van der Waals surface area (Å²) in [4.78, 5) is 14.9. The molecule has 2 aromatic heterocycles. The van der Waals surface area contributed by atoms with Crippen LogP contribution in [0.2, 0.25) is 0 Å². The van der Waals surface area contributed by atoms with Gasteiger partial charge in [-0.2, -0.15) is 0 Å². The Morgan fingerprint density at radius 1 is 1.60 bits per heavy atom. The predicted molar refractivity (Wildman–Crippen MR) is 56.9 cm³/mol. The van der Waals surface area contributed by atoms with Crippen LogP contribution < -0.4 is 0 Å². The second kappa shape index (κ2) is 3.82. The van der Waals surface area contributed by atoms with Gasteiger partial charge in [-0.25, -0.2) is 4.98 Å². The first-order chi connectivity index (χ1) is 7.26. The van der Waals surface area contributed by atoms with E-state index in [1.807, 2.05) is 23.8 Å². The summed E-state index contributed by atoms with van der Waals surface area (Å²) in [5.41, 5.74) is 2.54. The molecule has 0 bridgehead atoms. The molecule has 0 saturated heterocycles. The van der Waals surface area contributed by atoms with Crippen molar-refractivity contribution < 1.29 is 9.53 Å². The third-order valence-electron chi connectivity index (χ3n) is 2.34. The van der Waals surface area contributed by atoms with Gasteiger partial charge in [-0.3, -0.25) is 4.79 Å². The van der Waals surface area contributed by atoms with Crippen molar-refractivity contribution in [1.29, 1.82) is 0 Å². The van der Waals surface area contributed by atoms with E-state index in [1.165, 1.54) is 0 Å². The maximum Gasteiger partial charge on any atom is 0.151 e. The summed E-state index contributed by atoms with van der Waals surface area (Å²) in [6.07, 6.45) is 4.34. The average Bonchev–Trinajstić information content (AvgIpc) is 2.56. The molecule has 78 valence electrons. The summed E-state index contributed by atoms with van der Waals surface area (Å²) >= 11 is 0. The molecular formula is C11H12N2O2. The Kier molecular flexibility index (Phi) is 2.51. The third-order valence-corrected chi connectivity index (χ3v) is 2.34. The van der Waals surface area contributed by atoms with Crippen LogP contribution >= 0.6 is 0 Å². The summed E-state index contributed by atoms with van der Waals surface area (Å²) < 4.78 is 6.98. The van der Waals surface area contributed by atoms with Gasteiger partial charge in [0.05, 0.1) is 0 Å². The SMILES string of the molecule is COCn1cc(C)c2cc(C=O)cnc21. The number of fused-ring (bicyclic) bond motifs is 1. The summed E-state index contributed by atoms with van der Waals surface area (Å²) in [6.45, 7) is 2.46. The van der Waals surface area contributed by atoms with Crippen molar-refractivity contribution in [2.45, 2.75) is 13.7 Å². The topological polar surface area (TPSA) is 44.1 Å². The highest BCUT2D eigenvalue weighted by Crippen LogP contribution is 2.19. The normalized spacial score (nSPS) is 10.8. The van der Waals surface area contributed by atoms with Crippen molar-refractivity contribution in [3.63, 3.8) is 0 Å². The highest BCUT2D eigenvalue weighted by molar-refractivity contribution is 5.86. The van der Waals surface area contributed by atoms with Gasteiger partial charge < -0.3 is 9.30 Å². The van der Waals surface area contributed by atoms with E-state index in [0.29, 0.717) is 12.3 Å². The third kappa shape index (κ3) is 1.64. The number of aromatic nitrogens is 2. The van der Waals surface area contributed by atoms with E-state index in [0.717, 1.165) is 22.9 Å². The molecule has 2 rings (SSSR count). The molecule has 0 aromatic carbocycles. The van der Waals surface area contributed by atoms with Crippen LogP contribution in [0.1, 0.15) is 15.9 Å². The standard InChI is InChI=1S/C11H12N2O2/c1-8-5-13(7-15-2)11-10(8)3-9(6-14)4-12-11/h3-6H,7H2,1-2H3. The molecule has 0 unspecified atom stereocenters. The fraction of sp³-hybridized carbons (Fsp3) is 0.273. The molecule has 0 N–H and O–H groups in total. The van der Waals surface area contributed by atoms with Crippen LogP contribution in [0.15, 0.2) is 18.5 Å². The molecule has 15 heavy (non-hydrogen) atoms. The number of ether oxygens (including phenoxy) is 1. The molecule has 0 amide bonds. The Balaban J connectivity index is 2.63. The highest BCUT2D eigenvalue weighted by Gasteiger charge is 2.06. The van der Waals surface area contributed by atoms with Gasteiger partial charge in [0.25, 0.3) is 0 Å². The summed E-state index contributed by atoms with van der Waals surface area (Å²) in [7, 11) is 1.64. The first-order valence-corrected chi connectivity index (χ1v) is 4.66. The minimum atomic E-state index is 0.470. The van der Waals surface area contributed by atoms with Crippen molar-refractivity contribution in [1.82, 2.24) is 9.55 Å². The van der Waals surface area contributed by atoms with Crippen molar-refractivity contribution in [3.8, 4) is 0 Å². The Labute approximate surface area is 87.5 Å². The second-order valence-electron chi connectivity index (χ2n) is 3.46. The van der Waals surface area contributed by atoms with Gasteiger partial charge in [0.2, 0.25) is 0 Å². The van der Waals surface area contributed by atoms with Gasteiger partial charge in [0, 0.05) is 30.5 Å². The Hall–Kier alpha value is -1.68. The van der Waals surface area contributed by atoms with E-state index in [1.54, 1.807) is 13.3 Å². The van der Waals surface area contributed by atoms with Crippen LogP contribution in [0, 0.1) is 6.92 Å². The zero-order valence-electron chi connectivity index (χ0n) is 8.73. The molecule has 0 aliphatic carbocycles. The zero-order valence-corrected chi connectivity index (χ0v) is 8.73. The molecule has 0 saturated carbocycles. The van der Waals surface area contributed by atoms with Crippen LogP contribution in [0.4, 0.5) is 0 Å². The lowest BCUT2D eigenvalue weighted by molar-refractivity contribution is 0.112. The maximum atomic E-state index is 10.6. The Morgan fingerprint density at radius 2 is 2.40 bits per heavy atom. The lowest BCUT2D eigenvalue weighted by Gasteiger charge is -2.01. The number of methoxy groups -OCH3 is 1. The first kappa shape index (κ1) is 9.86. The average molecular weight is 204 g/mol. The number of pyridine rings is 1. The molecule has 0 aliphatic rings. The molecule has 0 aliphatic heterocycles. The number of hydrogen-bond acceptors (Lipinski definition) is 3. The molecule has 0 radical (unpaired) electrons. The smallest absolute Gasteiger partial charge is 0.151 e. The first-order valence-electron chi connectivity index (χ1n) is 4.66. The largest absolute Gasteiger partial charge is 0.364 e. The van der Waals surface area contributed by atoms with Crippen molar-refractivity contribution in [3.05, 3.63) is 29.6 Å². The molecule has 0 fully saturated rings. The lowest BCUT2D eigenvalue weighted by Crippen LogP contribution is -1.98. The van der Waals surface area contributed by atoms with E-state index < -0.39 is 0 Å². The van der Waals surface area contributed by atoms with Crippen LogP contribution in [0.25, 0.3) is 11.0 Å². The number of carbonyl (C=O) groups is 1. The van der Waals surface area contributed by atoms with Gasteiger partial charge in [-0.15, -0.1) is 0 Å². The molecule has 0 atom stereocenters. The number of aldehydes is 1. The fourth-order valence-corrected chi connectivity index (χ4v) is 1.66. The number of hydrogen-bond donors (Lipinski definition) is 0. The number of nitrogens with zero attached hydrogens (tertiary/aromatic N) is 2. The Bertz CT molecular complexity index is 503. The van der Waals surface area contributed by atoms with Crippen LogP contribution in [-0.4, -0.2) is 22.9 Å². The van der Waals surface area contributed by atoms with Gasteiger partial charge >= 0.3 is 0 Å². The minimum absolute atomic E-state index is 0.470. The molecule has 4 heteroatoms. The number of rotatable bonds is 3. The van der Waals surface area contributed by atoms with Gasteiger partial charge in [0.15, 0.2) is 6.29 Å². The summed E-state index contributed by atoms with van der Waals surface area (Å²) in [5, 5.41) is 0.997. The quantitative estimate of drug-likeness (QED) is 0.715. The molecule has 2 aromatic rings. The van der Waals surface area contributed by atoms with Crippen LogP contribution in [0.3, 0.4) is 0 Å². The lowest BCUT2D eigenvalue weighted by atomic mass is 10.2. The van der Waals surface area contributed by atoms with Crippen LogP contribution in [-0.2, 0) is 11.5 Å². The monoisotopic (exact) mass is 204 g/mol. The molecular weight excluding hydrogens is 192 g/mol. The second-order valence-corrected chi connectivity index (χ2v) is 3.46. The summed E-state index contributed by atoms with van der Waals surface area (Å²) in [6, 6.07) is 1.84. The Morgan fingerprint density at radius 3 is 3.07 bits per heavy atom. The molecule has 4 nitrogen and oxygen atoms in total. The summed E-state index contributed by atoms with van der Waals surface area (Å²) in [5.74, 6) is 0. The van der Waals surface area contributed by atoms with Gasteiger partial charge in [-0.1, -0.05) is 0 Å². The predicted octanol–water partition coefficient (Wildman–Crippen LogP) is 1.76. The van der Waals surface area contributed by atoms with Crippen molar-refractivity contribution >= 4 is 17.3 Å². The maximum absolute atomic E-state index is 10.6.